The van der Waals surface area contributed by atoms with Gasteiger partial charge in [-0.25, -0.2) is 0 Å². The number of rotatable bonds is 5. The van der Waals surface area contributed by atoms with E-state index in [2.05, 4.69) is 22.6 Å². The minimum atomic E-state index is 0.0428. The smallest absolute Gasteiger partial charge is 0.236 e. The summed E-state index contributed by atoms with van der Waals surface area (Å²) in [5.74, 6) is 0.137. The van der Waals surface area contributed by atoms with Crippen molar-refractivity contribution in [1.82, 2.24) is 15.5 Å². The lowest BCUT2D eigenvalue weighted by molar-refractivity contribution is -0.122. The Morgan fingerprint density at radius 3 is 2.75 bits per heavy atom. The van der Waals surface area contributed by atoms with Gasteiger partial charge in [-0.3, -0.25) is 4.79 Å². The second-order valence-electron chi connectivity index (χ2n) is 5.11. The predicted molar refractivity (Wildman–Crippen MR) is 64.3 cm³/mol. The van der Waals surface area contributed by atoms with Crippen molar-refractivity contribution in [2.75, 3.05) is 20.6 Å². The summed E-state index contributed by atoms with van der Waals surface area (Å²) in [4.78, 5) is 13.9. The minimum Gasteiger partial charge on any atom is -0.358 e. The van der Waals surface area contributed by atoms with Gasteiger partial charge in [-0.05, 0) is 45.7 Å². The second-order valence-corrected chi connectivity index (χ2v) is 5.11. The molecular formula is C12H23N3O. The number of hydrogen-bond donors (Lipinski definition) is 2. The van der Waals surface area contributed by atoms with Crippen molar-refractivity contribution >= 4 is 5.91 Å². The highest BCUT2D eigenvalue weighted by atomic mass is 16.2. The Kier molecular flexibility index (Phi) is 3.82. The number of amides is 1. The Hall–Kier alpha value is -0.610. The molecule has 1 heterocycles. The molecule has 1 saturated heterocycles. The third-order valence-electron chi connectivity index (χ3n) is 3.80. The first-order chi connectivity index (χ1) is 7.70. The van der Waals surface area contributed by atoms with Gasteiger partial charge in [0.25, 0.3) is 0 Å². The van der Waals surface area contributed by atoms with Crippen molar-refractivity contribution in [3.05, 3.63) is 0 Å². The molecule has 1 amide bonds. The van der Waals surface area contributed by atoms with Crippen molar-refractivity contribution in [3.8, 4) is 0 Å². The lowest BCUT2D eigenvalue weighted by Gasteiger charge is -2.19. The molecule has 16 heavy (non-hydrogen) atoms. The number of carbonyl (C=O) groups excluding carboxylic acids is 1. The first-order valence-corrected chi connectivity index (χ1v) is 6.38. The molecule has 0 aromatic carbocycles. The Balaban J connectivity index is 1.66. The zero-order chi connectivity index (χ0) is 11.5. The van der Waals surface area contributed by atoms with E-state index >= 15 is 0 Å². The Morgan fingerprint density at radius 1 is 1.38 bits per heavy atom. The van der Waals surface area contributed by atoms with Gasteiger partial charge < -0.3 is 15.5 Å². The highest BCUT2D eigenvalue weighted by Gasteiger charge is 2.30. The SMILES string of the molecule is CNC(=O)C1CCC(CCN(C)C2CC2)N1. The summed E-state index contributed by atoms with van der Waals surface area (Å²) in [7, 11) is 3.92. The van der Waals surface area contributed by atoms with E-state index in [1.807, 2.05) is 0 Å². The number of nitrogens with one attached hydrogen (secondary N) is 2. The molecule has 2 atom stereocenters. The predicted octanol–water partition coefficient (Wildman–Crippen LogP) is 0.337. The normalized spacial score (nSPS) is 29.7. The zero-order valence-corrected chi connectivity index (χ0v) is 10.3. The molecule has 1 aliphatic heterocycles. The fourth-order valence-corrected chi connectivity index (χ4v) is 2.49. The monoisotopic (exact) mass is 225 g/mol. The van der Waals surface area contributed by atoms with Crippen LogP contribution in [-0.4, -0.2) is 49.6 Å². The molecule has 0 aromatic rings. The average Bonchev–Trinajstić information content (AvgIpc) is 3.04. The van der Waals surface area contributed by atoms with E-state index < -0.39 is 0 Å². The van der Waals surface area contributed by atoms with Crippen molar-refractivity contribution < 1.29 is 4.79 Å². The maximum Gasteiger partial charge on any atom is 0.236 e. The van der Waals surface area contributed by atoms with E-state index in [0.29, 0.717) is 6.04 Å². The van der Waals surface area contributed by atoms with E-state index in [1.54, 1.807) is 7.05 Å². The average molecular weight is 225 g/mol. The van der Waals surface area contributed by atoms with Crippen molar-refractivity contribution in [1.29, 1.82) is 0 Å². The standard InChI is InChI=1S/C12H23N3O/c1-13-12(16)11-6-3-9(14-11)7-8-15(2)10-4-5-10/h9-11,14H,3-8H2,1-2H3,(H,13,16). The molecule has 4 heteroatoms. The number of nitrogens with zero attached hydrogens (tertiary/aromatic N) is 1. The van der Waals surface area contributed by atoms with E-state index in [9.17, 15) is 4.79 Å². The molecule has 0 aromatic heterocycles. The maximum atomic E-state index is 11.4. The molecular weight excluding hydrogens is 202 g/mol. The van der Waals surface area contributed by atoms with Crippen LogP contribution in [0.3, 0.4) is 0 Å². The van der Waals surface area contributed by atoms with Crippen LogP contribution in [-0.2, 0) is 4.79 Å². The van der Waals surface area contributed by atoms with Crippen LogP contribution in [0, 0.1) is 0 Å². The summed E-state index contributed by atoms with van der Waals surface area (Å²) < 4.78 is 0. The lowest BCUT2D eigenvalue weighted by atomic mass is 10.1. The Morgan fingerprint density at radius 2 is 2.12 bits per heavy atom. The molecule has 4 nitrogen and oxygen atoms in total. The molecule has 2 unspecified atom stereocenters. The summed E-state index contributed by atoms with van der Waals surface area (Å²) in [6, 6.07) is 1.42. The molecule has 2 fully saturated rings. The molecule has 0 bridgehead atoms. The molecule has 0 radical (unpaired) electrons. The fraction of sp³-hybridized carbons (Fsp3) is 0.917. The highest BCUT2D eigenvalue weighted by Crippen LogP contribution is 2.26. The first-order valence-electron chi connectivity index (χ1n) is 6.38. The molecule has 2 N–H and O–H groups in total. The fourth-order valence-electron chi connectivity index (χ4n) is 2.49. The van der Waals surface area contributed by atoms with Gasteiger partial charge in [0.05, 0.1) is 6.04 Å². The minimum absolute atomic E-state index is 0.0428. The van der Waals surface area contributed by atoms with Crippen LogP contribution in [0.5, 0.6) is 0 Å². The summed E-state index contributed by atoms with van der Waals surface area (Å²) in [5, 5.41) is 6.13. The molecule has 2 rings (SSSR count). The summed E-state index contributed by atoms with van der Waals surface area (Å²) in [6.45, 7) is 1.16. The van der Waals surface area contributed by atoms with Crippen LogP contribution in [0.4, 0.5) is 0 Å². The quantitative estimate of drug-likeness (QED) is 0.709. The summed E-state index contributed by atoms with van der Waals surface area (Å²) in [6.07, 6.45) is 6.03. The molecule has 0 spiro atoms. The van der Waals surface area contributed by atoms with Crippen LogP contribution >= 0.6 is 0 Å². The van der Waals surface area contributed by atoms with Gasteiger partial charge in [-0.2, -0.15) is 0 Å². The van der Waals surface area contributed by atoms with Gasteiger partial charge in [0.2, 0.25) is 5.91 Å². The van der Waals surface area contributed by atoms with Crippen LogP contribution in [0.25, 0.3) is 0 Å². The third-order valence-corrected chi connectivity index (χ3v) is 3.80. The Labute approximate surface area is 97.8 Å². The zero-order valence-electron chi connectivity index (χ0n) is 10.3. The van der Waals surface area contributed by atoms with Crippen LogP contribution in [0.1, 0.15) is 32.1 Å². The summed E-state index contributed by atoms with van der Waals surface area (Å²) in [5.41, 5.74) is 0. The van der Waals surface area contributed by atoms with Gasteiger partial charge in [0, 0.05) is 19.1 Å². The van der Waals surface area contributed by atoms with Crippen LogP contribution in [0.15, 0.2) is 0 Å². The van der Waals surface area contributed by atoms with Gasteiger partial charge in [0.15, 0.2) is 0 Å². The topological polar surface area (TPSA) is 44.4 Å². The van der Waals surface area contributed by atoms with Gasteiger partial charge in [-0.15, -0.1) is 0 Å². The maximum absolute atomic E-state index is 11.4. The third kappa shape index (κ3) is 2.95. The van der Waals surface area contributed by atoms with Crippen LogP contribution in [0.2, 0.25) is 0 Å². The van der Waals surface area contributed by atoms with E-state index in [0.717, 1.165) is 25.4 Å². The first kappa shape index (κ1) is 11.9. The van der Waals surface area contributed by atoms with Crippen molar-refractivity contribution in [2.45, 2.75) is 50.2 Å². The van der Waals surface area contributed by atoms with Gasteiger partial charge in [-0.1, -0.05) is 0 Å². The van der Waals surface area contributed by atoms with E-state index in [-0.39, 0.29) is 11.9 Å². The largest absolute Gasteiger partial charge is 0.358 e. The number of hydrogen-bond acceptors (Lipinski definition) is 3. The summed E-state index contributed by atoms with van der Waals surface area (Å²) >= 11 is 0. The lowest BCUT2D eigenvalue weighted by Crippen LogP contribution is -2.42. The van der Waals surface area contributed by atoms with Gasteiger partial charge in [0.1, 0.15) is 0 Å². The Bertz CT molecular complexity index is 253. The molecule has 1 saturated carbocycles. The van der Waals surface area contributed by atoms with Gasteiger partial charge >= 0.3 is 0 Å². The number of likely N-dealkylation sites (N-methyl/N-ethyl adjacent to an activating group) is 1. The van der Waals surface area contributed by atoms with Crippen LogP contribution < -0.4 is 10.6 Å². The molecule has 1 aliphatic carbocycles. The van der Waals surface area contributed by atoms with E-state index in [4.69, 9.17) is 0 Å². The molecule has 2 aliphatic rings. The van der Waals surface area contributed by atoms with E-state index in [1.165, 1.54) is 19.3 Å². The van der Waals surface area contributed by atoms with Crippen molar-refractivity contribution in [3.63, 3.8) is 0 Å². The highest BCUT2D eigenvalue weighted by molar-refractivity contribution is 5.81. The number of carbonyl (C=O) groups is 1. The molecule has 92 valence electrons. The van der Waals surface area contributed by atoms with Crippen molar-refractivity contribution in [2.24, 2.45) is 0 Å². The second kappa shape index (κ2) is 5.15.